The van der Waals surface area contributed by atoms with Gasteiger partial charge in [-0.05, 0) is 48.5 Å². The minimum absolute atomic E-state index is 0.0265. The second-order valence-electron chi connectivity index (χ2n) is 6.52. The summed E-state index contributed by atoms with van der Waals surface area (Å²) in [7, 11) is -7.94. The minimum Gasteiger partial charge on any atom is -0.325 e. The first-order valence-electron chi connectivity index (χ1n) is 8.57. The Labute approximate surface area is 182 Å². The van der Waals surface area contributed by atoms with Gasteiger partial charge in [0.05, 0.1) is 15.5 Å². The van der Waals surface area contributed by atoms with E-state index in [2.05, 4.69) is 10.4 Å². The number of rotatable bonds is 5. The van der Waals surface area contributed by atoms with Crippen LogP contribution in [0.2, 0.25) is 0 Å². The molecule has 2 aromatic carbocycles. The number of primary sulfonamides is 2. The van der Waals surface area contributed by atoms with Crippen LogP contribution in [0.15, 0.2) is 63.4 Å². The van der Waals surface area contributed by atoms with E-state index in [9.17, 15) is 31.2 Å². The number of hydrogen-bond acceptors (Lipinski definition) is 9. The number of amides is 3. The number of imide groups is 1. The fourth-order valence-electron chi connectivity index (χ4n) is 2.92. The van der Waals surface area contributed by atoms with Crippen molar-refractivity contribution in [1.82, 2.24) is 0 Å². The summed E-state index contributed by atoms with van der Waals surface area (Å²) in [6.45, 7) is 0. The summed E-state index contributed by atoms with van der Waals surface area (Å²) >= 11 is 0. The first-order valence-corrected chi connectivity index (χ1v) is 11.7. The number of hydrazone groups is 1. The molecule has 0 spiro atoms. The maximum absolute atomic E-state index is 12.9. The molecule has 0 aliphatic carbocycles. The topological polar surface area (TPSA) is 225 Å². The molecule has 15 heteroatoms. The molecule has 1 heterocycles. The highest BCUT2D eigenvalue weighted by Crippen LogP contribution is 2.27. The molecule has 1 fully saturated rings. The van der Waals surface area contributed by atoms with Crippen LogP contribution in [-0.2, 0) is 34.4 Å². The van der Waals surface area contributed by atoms with Crippen LogP contribution in [0, 0.1) is 5.92 Å². The first-order chi connectivity index (χ1) is 14.8. The van der Waals surface area contributed by atoms with Crippen molar-refractivity contribution in [2.24, 2.45) is 27.1 Å². The van der Waals surface area contributed by atoms with Crippen molar-refractivity contribution in [3.05, 3.63) is 48.5 Å². The van der Waals surface area contributed by atoms with Crippen LogP contribution in [0.3, 0.4) is 0 Å². The summed E-state index contributed by atoms with van der Waals surface area (Å²) in [5.74, 6) is 0.655. The molecule has 32 heavy (non-hydrogen) atoms. The number of anilines is 2. The molecule has 1 aliphatic rings. The van der Waals surface area contributed by atoms with Crippen molar-refractivity contribution in [3.63, 3.8) is 0 Å². The monoisotopic (exact) mass is 480 g/mol. The van der Waals surface area contributed by atoms with Crippen LogP contribution in [0.5, 0.6) is 0 Å². The Bertz CT molecular complexity index is 1350. The Morgan fingerprint density at radius 2 is 1.34 bits per heavy atom. The van der Waals surface area contributed by atoms with Crippen LogP contribution >= 0.6 is 0 Å². The van der Waals surface area contributed by atoms with E-state index in [1.165, 1.54) is 12.1 Å². The van der Waals surface area contributed by atoms with Gasteiger partial charge in [-0.15, -0.1) is 0 Å². The van der Waals surface area contributed by atoms with Gasteiger partial charge in [0, 0.05) is 5.69 Å². The smallest absolute Gasteiger partial charge is 0.282 e. The van der Waals surface area contributed by atoms with E-state index in [1.807, 2.05) is 0 Å². The second-order valence-corrected chi connectivity index (χ2v) is 9.65. The maximum atomic E-state index is 12.9. The van der Waals surface area contributed by atoms with Gasteiger partial charge >= 0.3 is 0 Å². The van der Waals surface area contributed by atoms with Crippen molar-refractivity contribution in [2.75, 3.05) is 10.2 Å². The zero-order valence-electron chi connectivity index (χ0n) is 16.0. The molecule has 7 N–H and O–H groups in total. The summed E-state index contributed by atoms with van der Waals surface area (Å²) in [4.78, 5) is 38.4. The third-order valence-electron chi connectivity index (χ3n) is 4.44. The number of sulfonamides is 2. The van der Waals surface area contributed by atoms with Gasteiger partial charge in [-0.3, -0.25) is 14.4 Å². The van der Waals surface area contributed by atoms with Crippen molar-refractivity contribution in [1.29, 1.82) is 0 Å². The summed E-state index contributed by atoms with van der Waals surface area (Å²) in [6, 6.07) is 9.26. The largest absolute Gasteiger partial charge is 0.325 e. The lowest BCUT2D eigenvalue weighted by atomic mass is 10.1. The molecule has 0 radical (unpaired) electrons. The number of benzene rings is 2. The summed E-state index contributed by atoms with van der Waals surface area (Å²) < 4.78 is 45.4. The van der Waals surface area contributed by atoms with Gasteiger partial charge in [-0.25, -0.2) is 32.0 Å². The van der Waals surface area contributed by atoms with E-state index in [1.54, 1.807) is 0 Å². The SMILES string of the molecule is N/N=C1\C(=O)N(c2ccc(S(N)(=O)=O)cc2)C(=O)C1C(=O)Nc1ccc(S(N)(=O)=O)cc1. The fraction of sp³-hybridized carbons (Fsp3) is 0.0588. The van der Waals surface area contributed by atoms with Gasteiger partial charge in [-0.1, -0.05) is 0 Å². The molecule has 1 aliphatic heterocycles. The Hall–Kier alpha value is -3.66. The third-order valence-corrected chi connectivity index (χ3v) is 6.30. The molecular weight excluding hydrogens is 464 g/mol. The molecule has 168 valence electrons. The molecule has 0 saturated carbocycles. The van der Waals surface area contributed by atoms with Crippen LogP contribution < -0.4 is 26.3 Å². The number of nitrogens with zero attached hydrogens (tertiary/aromatic N) is 2. The zero-order chi connectivity index (χ0) is 23.8. The summed E-state index contributed by atoms with van der Waals surface area (Å²) in [6.07, 6.45) is 0. The van der Waals surface area contributed by atoms with E-state index in [0.29, 0.717) is 4.90 Å². The van der Waals surface area contributed by atoms with E-state index in [-0.39, 0.29) is 21.2 Å². The number of hydrogen-bond donors (Lipinski definition) is 4. The van der Waals surface area contributed by atoms with Gasteiger partial charge in [-0.2, -0.15) is 5.10 Å². The normalized spacial score (nSPS) is 18.2. The van der Waals surface area contributed by atoms with Crippen LogP contribution in [0.25, 0.3) is 0 Å². The maximum Gasteiger partial charge on any atom is 0.282 e. The second kappa shape index (κ2) is 8.12. The third kappa shape index (κ3) is 4.35. The van der Waals surface area contributed by atoms with E-state index in [0.717, 1.165) is 36.4 Å². The predicted octanol–water partition coefficient (Wildman–Crippen LogP) is -1.58. The van der Waals surface area contributed by atoms with E-state index < -0.39 is 49.4 Å². The predicted molar refractivity (Wildman–Crippen MR) is 112 cm³/mol. The molecule has 13 nitrogen and oxygen atoms in total. The van der Waals surface area contributed by atoms with Gasteiger partial charge in [0.1, 0.15) is 5.71 Å². The van der Waals surface area contributed by atoms with E-state index in [4.69, 9.17) is 16.1 Å². The fourth-order valence-corrected chi connectivity index (χ4v) is 3.95. The van der Waals surface area contributed by atoms with Gasteiger partial charge in [0.25, 0.3) is 11.8 Å². The average molecular weight is 480 g/mol. The molecule has 3 rings (SSSR count). The van der Waals surface area contributed by atoms with Crippen LogP contribution in [0.1, 0.15) is 0 Å². The van der Waals surface area contributed by atoms with E-state index >= 15 is 0 Å². The van der Waals surface area contributed by atoms with Crippen molar-refractivity contribution >= 4 is 54.9 Å². The van der Waals surface area contributed by atoms with Crippen molar-refractivity contribution < 1.29 is 31.2 Å². The van der Waals surface area contributed by atoms with Crippen LogP contribution in [0.4, 0.5) is 11.4 Å². The van der Waals surface area contributed by atoms with Crippen molar-refractivity contribution in [2.45, 2.75) is 9.79 Å². The molecule has 2 aromatic rings. The minimum atomic E-state index is -4.00. The lowest BCUT2D eigenvalue weighted by Gasteiger charge is -2.14. The Balaban J connectivity index is 1.88. The number of carbonyl (C=O) groups excluding carboxylic acids is 3. The Morgan fingerprint density at radius 1 is 0.875 bits per heavy atom. The molecule has 3 amide bonds. The zero-order valence-corrected chi connectivity index (χ0v) is 17.6. The van der Waals surface area contributed by atoms with Gasteiger partial charge in [0.2, 0.25) is 26.0 Å². The standard InChI is InChI=1S/C17H16N6O7S2/c18-22-14-13(15(24)21-9-1-5-11(6-2-9)31(19,27)28)16(25)23(17(14)26)10-3-7-12(8-4-10)32(20,29)30/h1-8,13H,18H2,(H,21,24)(H2,19,27,28)(H2,20,29,30)/b22-14-. The summed E-state index contributed by atoms with van der Waals surface area (Å²) in [5, 5.41) is 15.7. The molecule has 1 atom stereocenters. The quantitative estimate of drug-likeness (QED) is 0.169. The highest BCUT2D eigenvalue weighted by atomic mass is 32.2. The highest BCUT2D eigenvalue weighted by molar-refractivity contribution is 7.89. The number of nitrogens with one attached hydrogen (secondary N) is 1. The molecular formula is C17H16N6O7S2. The number of carbonyl (C=O) groups is 3. The van der Waals surface area contributed by atoms with Crippen molar-refractivity contribution in [3.8, 4) is 0 Å². The molecule has 1 unspecified atom stereocenters. The van der Waals surface area contributed by atoms with Gasteiger partial charge < -0.3 is 11.2 Å². The summed E-state index contributed by atoms with van der Waals surface area (Å²) in [5.41, 5.74) is -0.444. The molecule has 1 saturated heterocycles. The Kier molecular flexibility index (Phi) is 5.84. The van der Waals surface area contributed by atoms with Gasteiger partial charge in [0.15, 0.2) is 5.92 Å². The Morgan fingerprint density at radius 3 is 1.78 bits per heavy atom. The molecule has 0 bridgehead atoms. The lowest BCUT2D eigenvalue weighted by molar-refractivity contribution is -0.127. The first kappa shape index (κ1) is 23.0. The number of nitrogens with two attached hydrogens (primary N) is 3. The highest BCUT2D eigenvalue weighted by Gasteiger charge is 2.49. The molecule has 0 aromatic heterocycles. The average Bonchev–Trinajstić information content (AvgIpc) is 2.96. The lowest BCUT2D eigenvalue weighted by Crippen LogP contribution is -2.35. The van der Waals surface area contributed by atoms with Crippen LogP contribution in [-0.4, -0.2) is 40.3 Å².